The molecule has 30 heavy (non-hydrogen) atoms. The number of sulfonamides is 2. The standard InChI is InChI=1S/C18H24N4O6S2/c1-12-17(14(3)28-20-12)30(26,27)21-13(2)18(23)19-9-11-29(24,25)22-10-8-15-6-4-5-7-16(15)22/h4-7,13,21H,8-11H2,1-3H3,(H,19,23)/t13-/m0/s1. The molecule has 164 valence electrons. The monoisotopic (exact) mass is 456 g/mol. The van der Waals surface area contributed by atoms with Gasteiger partial charge in [-0.05, 0) is 38.8 Å². The first-order chi connectivity index (χ1) is 14.0. The molecule has 1 aliphatic heterocycles. The van der Waals surface area contributed by atoms with Crippen LogP contribution in [0.25, 0.3) is 0 Å². The first-order valence-corrected chi connectivity index (χ1v) is 12.4. The minimum absolute atomic E-state index is 0.113. The van der Waals surface area contributed by atoms with E-state index in [1.54, 1.807) is 12.1 Å². The van der Waals surface area contributed by atoms with E-state index in [0.29, 0.717) is 18.7 Å². The summed E-state index contributed by atoms with van der Waals surface area (Å²) in [6.45, 7) is 4.54. The van der Waals surface area contributed by atoms with E-state index < -0.39 is 32.0 Å². The Morgan fingerprint density at radius 2 is 1.93 bits per heavy atom. The van der Waals surface area contributed by atoms with Crippen LogP contribution in [-0.2, 0) is 31.3 Å². The average Bonchev–Trinajstić information content (AvgIpc) is 3.24. The maximum absolute atomic E-state index is 12.7. The molecule has 0 radical (unpaired) electrons. The van der Waals surface area contributed by atoms with Gasteiger partial charge in [-0.15, -0.1) is 0 Å². The van der Waals surface area contributed by atoms with Crippen LogP contribution in [0.1, 0.15) is 23.9 Å². The Hall–Kier alpha value is -2.44. The summed E-state index contributed by atoms with van der Waals surface area (Å²) in [5, 5.41) is 6.07. The van der Waals surface area contributed by atoms with Gasteiger partial charge in [-0.3, -0.25) is 9.10 Å². The lowest BCUT2D eigenvalue weighted by Gasteiger charge is -2.20. The molecule has 1 aromatic heterocycles. The van der Waals surface area contributed by atoms with Crippen LogP contribution in [0, 0.1) is 13.8 Å². The van der Waals surface area contributed by atoms with Gasteiger partial charge in [-0.25, -0.2) is 16.8 Å². The number of aryl methyl sites for hydroxylation is 2. The molecule has 2 N–H and O–H groups in total. The molecule has 10 nitrogen and oxygen atoms in total. The smallest absolute Gasteiger partial charge is 0.246 e. The van der Waals surface area contributed by atoms with Crippen molar-refractivity contribution in [3.8, 4) is 0 Å². The summed E-state index contributed by atoms with van der Waals surface area (Å²) in [5.41, 5.74) is 1.81. The molecule has 0 bridgehead atoms. The van der Waals surface area contributed by atoms with Gasteiger partial charge >= 0.3 is 0 Å². The summed E-state index contributed by atoms with van der Waals surface area (Å²) in [5.74, 6) is -0.817. The van der Waals surface area contributed by atoms with E-state index in [1.807, 2.05) is 12.1 Å². The Kier molecular flexibility index (Phi) is 6.20. The zero-order chi connectivity index (χ0) is 22.1. The number of carbonyl (C=O) groups is 1. The molecule has 0 saturated heterocycles. The van der Waals surface area contributed by atoms with Crippen LogP contribution in [0.2, 0.25) is 0 Å². The van der Waals surface area contributed by atoms with Crippen LogP contribution in [0.5, 0.6) is 0 Å². The number of amides is 1. The van der Waals surface area contributed by atoms with Gasteiger partial charge < -0.3 is 9.84 Å². The van der Waals surface area contributed by atoms with Crippen molar-refractivity contribution in [2.75, 3.05) is 23.1 Å². The van der Waals surface area contributed by atoms with Gasteiger partial charge in [0.1, 0.15) is 10.6 Å². The number of aromatic nitrogens is 1. The molecule has 1 amide bonds. The highest BCUT2D eigenvalue weighted by Crippen LogP contribution is 2.29. The van der Waals surface area contributed by atoms with Crippen molar-refractivity contribution in [1.82, 2.24) is 15.2 Å². The molecule has 0 unspecified atom stereocenters. The Morgan fingerprint density at radius 1 is 1.23 bits per heavy atom. The van der Waals surface area contributed by atoms with Gasteiger partial charge in [-0.1, -0.05) is 23.4 Å². The second kappa shape index (κ2) is 8.36. The Labute approximate surface area is 175 Å². The molecule has 1 aromatic carbocycles. The maximum atomic E-state index is 12.7. The summed E-state index contributed by atoms with van der Waals surface area (Å²) in [7, 11) is -7.63. The fourth-order valence-electron chi connectivity index (χ4n) is 3.37. The van der Waals surface area contributed by atoms with Crippen molar-refractivity contribution >= 4 is 31.6 Å². The van der Waals surface area contributed by atoms with E-state index >= 15 is 0 Å². The number of carbonyl (C=O) groups excluding carboxylic acids is 1. The van der Waals surface area contributed by atoms with E-state index in [1.165, 1.54) is 25.1 Å². The summed E-state index contributed by atoms with van der Waals surface area (Å²) in [6.07, 6.45) is 0.641. The second-order valence-corrected chi connectivity index (χ2v) is 10.7. The minimum atomic E-state index is -4.02. The topological polar surface area (TPSA) is 139 Å². The van der Waals surface area contributed by atoms with Crippen LogP contribution >= 0.6 is 0 Å². The first-order valence-electron chi connectivity index (χ1n) is 9.34. The number of anilines is 1. The second-order valence-electron chi connectivity index (χ2n) is 7.05. The third-order valence-electron chi connectivity index (χ3n) is 4.80. The quantitative estimate of drug-likeness (QED) is 0.588. The zero-order valence-electron chi connectivity index (χ0n) is 16.9. The summed E-state index contributed by atoms with van der Waals surface area (Å²) in [6, 6.07) is 6.17. The van der Waals surface area contributed by atoms with E-state index in [4.69, 9.17) is 4.52 Å². The fraction of sp³-hybridized carbons (Fsp3) is 0.444. The number of hydrogen-bond donors (Lipinski definition) is 2. The lowest BCUT2D eigenvalue weighted by molar-refractivity contribution is -0.122. The van der Waals surface area contributed by atoms with E-state index in [2.05, 4.69) is 15.2 Å². The number of nitrogens with one attached hydrogen (secondary N) is 2. The number of nitrogens with zero attached hydrogens (tertiary/aromatic N) is 2. The van der Waals surface area contributed by atoms with Crippen LogP contribution in [0.4, 0.5) is 5.69 Å². The average molecular weight is 457 g/mol. The molecule has 2 heterocycles. The van der Waals surface area contributed by atoms with Gasteiger partial charge in [-0.2, -0.15) is 4.72 Å². The lowest BCUT2D eigenvalue weighted by atomic mass is 10.2. The van der Waals surface area contributed by atoms with E-state index in [-0.39, 0.29) is 28.6 Å². The molecule has 0 saturated carbocycles. The highest BCUT2D eigenvalue weighted by atomic mass is 32.2. The third-order valence-corrected chi connectivity index (χ3v) is 8.36. The largest absolute Gasteiger partial charge is 0.360 e. The predicted molar refractivity (Wildman–Crippen MR) is 110 cm³/mol. The first kappa shape index (κ1) is 22.2. The van der Waals surface area contributed by atoms with E-state index in [0.717, 1.165) is 5.56 Å². The van der Waals surface area contributed by atoms with Gasteiger partial charge in [0.05, 0.1) is 17.5 Å². The summed E-state index contributed by atoms with van der Waals surface area (Å²) in [4.78, 5) is 12.2. The van der Waals surface area contributed by atoms with Crippen molar-refractivity contribution in [3.05, 3.63) is 41.3 Å². The summed E-state index contributed by atoms with van der Waals surface area (Å²) >= 11 is 0. The van der Waals surface area contributed by atoms with Crippen LogP contribution in [0.3, 0.4) is 0 Å². The summed E-state index contributed by atoms with van der Waals surface area (Å²) < 4.78 is 58.7. The van der Waals surface area contributed by atoms with Crippen LogP contribution in [0.15, 0.2) is 33.7 Å². The van der Waals surface area contributed by atoms with Gasteiger partial charge in [0.15, 0.2) is 5.76 Å². The van der Waals surface area contributed by atoms with Crippen LogP contribution < -0.4 is 14.3 Å². The number of hydrogen-bond acceptors (Lipinski definition) is 7. The molecule has 1 aliphatic rings. The molecule has 0 fully saturated rings. The highest BCUT2D eigenvalue weighted by Gasteiger charge is 2.30. The van der Waals surface area contributed by atoms with Gasteiger partial charge in [0.2, 0.25) is 26.0 Å². The molecule has 1 atom stereocenters. The predicted octanol–water partition coefficient (Wildman–Crippen LogP) is 0.467. The van der Waals surface area contributed by atoms with Gasteiger partial charge in [0, 0.05) is 13.1 Å². The molecular formula is C18H24N4O6S2. The Balaban J connectivity index is 1.57. The van der Waals surface area contributed by atoms with E-state index in [9.17, 15) is 21.6 Å². The number of benzene rings is 1. The minimum Gasteiger partial charge on any atom is -0.360 e. The molecular weight excluding hydrogens is 432 g/mol. The molecule has 3 rings (SSSR count). The third kappa shape index (κ3) is 4.50. The maximum Gasteiger partial charge on any atom is 0.246 e. The Morgan fingerprint density at radius 3 is 2.60 bits per heavy atom. The number of fused-ring (bicyclic) bond motifs is 1. The molecule has 0 spiro atoms. The number of rotatable bonds is 8. The van der Waals surface area contributed by atoms with Gasteiger partial charge in [0.25, 0.3) is 0 Å². The fourth-order valence-corrected chi connectivity index (χ4v) is 6.33. The Bertz CT molecular complexity index is 1140. The van der Waals surface area contributed by atoms with Crippen molar-refractivity contribution in [3.63, 3.8) is 0 Å². The highest BCUT2D eigenvalue weighted by molar-refractivity contribution is 7.92. The lowest BCUT2D eigenvalue weighted by Crippen LogP contribution is -2.46. The molecule has 0 aliphatic carbocycles. The number of para-hydroxylation sites is 1. The normalized spacial score (nSPS) is 15.1. The van der Waals surface area contributed by atoms with Crippen LogP contribution in [-0.4, -0.2) is 52.8 Å². The van der Waals surface area contributed by atoms with Crippen molar-refractivity contribution < 1.29 is 26.2 Å². The van der Waals surface area contributed by atoms with Crippen molar-refractivity contribution in [2.45, 2.75) is 38.1 Å². The zero-order valence-corrected chi connectivity index (χ0v) is 18.5. The molecule has 2 aromatic rings. The molecule has 12 heteroatoms. The SMILES string of the molecule is Cc1noc(C)c1S(=O)(=O)N[C@@H](C)C(=O)NCCS(=O)(=O)N1CCc2ccccc21. The van der Waals surface area contributed by atoms with Crippen molar-refractivity contribution in [1.29, 1.82) is 0 Å². The van der Waals surface area contributed by atoms with Crippen molar-refractivity contribution in [2.24, 2.45) is 0 Å².